The number of halogens is 1. The van der Waals surface area contributed by atoms with E-state index in [0.29, 0.717) is 0 Å². The topological polar surface area (TPSA) is 62.3 Å². The number of rotatable bonds is 5. The lowest BCUT2D eigenvalue weighted by Gasteiger charge is -2.19. The second-order valence-corrected chi connectivity index (χ2v) is 7.39. The van der Waals surface area contributed by atoms with Crippen molar-refractivity contribution in [2.45, 2.75) is 4.90 Å². The third-order valence-corrected chi connectivity index (χ3v) is 5.50. The van der Waals surface area contributed by atoms with Crippen LogP contribution in [0.4, 0.5) is 17.2 Å². The molecule has 0 saturated heterocycles. The van der Waals surface area contributed by atoms with E-state index in [2.05, 4.69) is 9.71 Å². The van der Waals surface area contributed by atoms with Crippen LogP contribution in [-0.4, -0.2) is 20.4 Å². The van der Waals surface area contributed by atoms with Gasteiger partial charge in [0.25, 0.3) is 10.0 Å². The maximum absolute atomic E-state index is 12.4. The lowest BCUT2D eigenvalue weighted by molar-refractivity contribution is 0.601. The van der Waals surface area contributed by atoms with Gasteiger partial charge in [0.2, 0.25) is 0 Å². The van der Waals surface area contributed by atoms with Crippen molar-refractivity contribution >= 4 is 38.8 Å². The molecule has 7 heteroatoms. The fourth-order valence-corrected chi connectivity index (χ4v) is 3.83. The van der Waals surface area contributed by atoms with Crippen LogP contribution in [-0.2, 0) is 10.0 Å². The van der Waals surface area contributed by atoms with Gasteiger partial charge in [-0.2, -0.15) is 0 Å². The number of nitrogens with zero attached hydrogens (tertiary/aromatic N) is 2. The second-order valence-electron chi connectivity index (χ2n) is 5.33. The van der Waals surface area contributed by atoms with Gasteiger partial charge in [0.1, 0.15) is 10.7 Å². The average Bonchev–Trinajstić information content (AvgIpc) is 2.62. The highest BCUT2D eigenvalue weighted by atomic mass is 35.5. The van der Waals surface area contributed by atoms with E-state index in [9.17, 15) is 8.42 Å². The number of anilines is 3. The second kappa shape index (κ2) is 7.13. The summed E-state index contributed by atoms with van der Waals surface area (Å²) in [5.41, 5.74) is 1.85. The normalized spacial score (nSPS) is 11.1. The quantitative estimate of drug-likeness (QED) is 0.724. The monoisotopic (exact) mass is 373 g/mol. The molecule has 1 heterocycles. The highest BCUT2D eigenvalue weighted by molar-refractivity contribution is 7.92. The van der Waals surface area contributed by atoms with Gasteiger partial charge in [-0.25, -0.2) is 13.4 Å². The lowest BCUT2D eigenvalue weighted by Crippen LogP contribution is -2.15. The Morgan fingerprint density at radius 3 is 2.24 bits per heavy atom. The predicted molar refractivity (Wildman–Crippen MR) is 101 cm³/mol. The predicted octanol–water partition coefficient (Wildman–Crippen LogP) is 4.30. The summed E-state index contributed by atoms with van der Waals surface area (Å²) in [5.74, 6) is 0.227. The van der Waals surface area contributed by atoms with E-state index in [4.69, 9.17) is 11.6 Å². The zero-order valence-electron chi connectivity index (χ0n) is 13.4. The van der Waals surface area contributed by atoms with Crippen LogP contribution in [0.2, 0.25) is 5.02 Å². The molecule has 0 saturated carbocycles. The fraction of sp³-hybridized carbons (Fsp3) is 0.0556. The van der Waals surface area contributed by atoms with Crippen LogP contribution in [0.25, 0.3) is 0 Å². The highest BCUT2D eigenvalue weighted by Gasteiger charge is 2.18. The number of aromatic nitrogens is 1. The molecule has 1 N–H and O–H groups in total. The molecule has 3 aromatic rings. The van der Waals surface area contributed by atoms with Crippen LogP contribution >= 0.6 is 11.6 Å². The van der Waals surface area contributed by atoms with Crippen molar-refractivity contribution in [3.05, 3.63) is 77.9 Å². The lowest BCUT2D eigenvalue weighted by atomic mass is 10.3. The Labute approximate surface area is 152 Å². The van der Waals surface area contributed by atoms with E-state index in [1.807, 2.05) is 42.3 Å². The number of benzene rings is 2. The fourth-order valence-electron chi connectivity index (χ4n) is 2.30. The SMILES string of the molecule is CN(c1ccccc1)c1ccc(NS(=O)(=O)c2ccccc2Cl)nc1. The van der Waals surface area contributed by atoms with E-state index in [0.717, 1.165) is 11.4 Å². The average molecular weight is 374 g/mol. The molecule has 0 aliphatic carbocycles. The Kier molecular flexibility index (Phi) is 4.92. The molecule has 1 aromatic heterocycles. The van der Waals surface area contributed by atoms with Gasteiger partial charge >= 0.3 is 0 Å². The summed E-state index contributed by atoms with van der Waals surface area (Å²) in [6.07, 6.45) is 1.61. The summed E-state index contributed by atoms with van der Waals surface area (Å²) in [7, 11) is -1.87. The number of sulfonamides is 1. The molecule has 0 radical (unpaired) electrons. The van der Waals surface area contributed by atoms with Gasteiger partial charge < -0.3 is 4.90 Å². The number of pyridine rings is 1. The van der Waals surface area contributed by atoms with Crippen molar-refractivity contribution in [1.29, 1.82) is 0 Å². The molecule has 128 valence electrons. The number of para-hydroxylation sites is 1. The van der Waals surface area contributed by atoms with E-state index in [1.54, 1.807) is 30.5 Å². The van der Waals surface area contributed by atoms with E-state index < -0.39 is 10.0 Å². The smallest absolute Gasteiger partial charge is 0.264 e. The number of hydrogen-bond donors (Lipinski definition) is 1. The molecule has 2 aromatic carbocycles. The Balaban J connectivity index is 1.80. The van der Waals surface area contributed by atoms with Gasteiger partial charge in [-0.1, -0.05) is 41.9 Å². The molecule has 0 fully saturated rings. The molecular weight excluding hydrogens is 358 g/mol. The van der Waals surface area contributed by atoms with E-state index in [1.165, 1.54) is 12.1 Å². The zero-order valence-corrected chi connectivity index (χ0v) is 15.0. The first kappa shape index (κ1) is 17.3. The molecule has 3 rings (SSSR count). The van der Waals surface area contributed by atoms with Crippen LogP contribution in [0.15, 0.2) is 77.8 Å². The van der Waals surface area contributed by atoms with Crippen molar-refractivity contribution in [3.8, 4) is 0 Å². The summed E-state index contributed by atoms with van der Waals surface area (Å²) in [4.78, 5) is 6.17. The van der Waals surface area contributed by atoms with Crippen molar-refractivity contribution in [3.63, 3.8) is 0 Å². The molecule has 0 amide bonds. The number of hydrogen-bond acceptors (Lipinski definition) is 4. The Hall–Kier alpha value is -2.57. The van der Waals surface area contributed by atoms with Crippen LogP contribution in [0, 0.1) is 0 Å². The van der Waals surface area contributed by atoms with Crippen molar-refractivity contribution in [2.75, 3.05) is 16.7 Å². The first-order valence-corrected chi connectivity index (χ1v) is 9.36. The van der Waals surface area contributed by atoms with Crippen LogP contribution in [0.1, 0.15) is 0 Å². The van der Waals surface area contributed by atoms with Crippen LogP contribution in [0.5, 0.6) is 0 Å². The van der Waals surface area contributed by atoms with E-state index in [-0.39, 0.29) is 15.7 Å². The summed E-state index contributed by atoms with van der Waals surface area (Å²) in [6, 6.07) is 19.5. The highest BCUT2D eigenvalue weighted by Crippen LogP contribution is 2.25. The van der Waals surface area contributed by atoms with Gasteiger partial charge in [-0.05, 0) is 36.4 Å². The summed E-state index contributed by atoms with van der Waals surface area (Å²) < 4.78 is 27.3. The molecule has 0 atom stereocenters. The minimum atomic E-state index is -3.79. The molecule has 0 aliphatic heterocycles. The van der Waals surface area contributed by atoms with Crippen molar-refractivity contribution in [1.82, 2.24) is 4.98 Å². The molecule has 0 spiro atoms. The maximum atomic E-state index is 12.4. The Morgan fingerprint density at radius 1 is 0.920 bits per heavy atom. The van der Waals surface area contributed by atoms with Crippen LogP contribution < -0.4 is 9.62 Å². The maximum Gasteiger partial charge on any atom is 0.264 e. The minimum absolute atomic E-state index is 0.0175. The van der Waals surface area contributed by atoms with Gasteiger partial charge in [-0.15, -0.1) is 0 Å². The minimum Gasteiger partial charge on any atom is -0.343 e. The molecule has 0 aliphatic rings. The van der Waals surface area contributed by atoms with Gasteiger partial charge in [0.05, 0.1) is 16.9 Å². The molecular formula is C18H16ClN3O2S. The van der Waals surface area contributed by atoms with E-state index >= 15 is 0 Å². The summed E-state index contributed by atoms with van der Waals surface area (Å²) in [5, 5.41) is 0.162. The van der Waals surface area contributed by atoms with Crippen molar-refractivity contribution in [2.24, 2.45) is 0 Å². The van der Waals surface area contributed by atoms with Crippen LogP contribution in [0.3, 0.4) is 0 Å². The Morgan fingerprint density at radius 2 is 1.60 bits per heavy atom. The number of nitrogens with one attached hydrogen (secondary N) is 1. The molecule has 25 heavy (non-hydrogen) atoms. The van der Waals surface area contributed by atoms with Gasteiger partial charge in [0.15, 0.2) is 0 Å². The Bertz CT molecular complexity index is 961. The largest absolute Gasteiger partial charge is 0.343 e. The van der Waals surface area contributed by atoms with Gasteiger partial charge in [-0.3, -0.25) is 4.72 Å². The van der Waals surface area contributed by atoms with Crippen molar-refractivity contribution < 1.29 is 8.42 Å². The first-order chi connectivity index (χ1) is 12.0. The molecule has 5 nitrogen and oxygen atoms in total. The summed E-state index contributed by atoms with van der Waals surface area (Å²) in [6.45, 7) is 0. The molecule has 0 bridgehead atoms. The van der Waals surface area contributed by atoms with Gasteiger partial charge in [0, 0.05) is 12.7 Å². The molecule has 0 unspecified atom stereocenters. The first-order valence-electron chi connectivity index (χ1n) is 7.49. The summed E-state index contributed by atoms with van der Waals surface area (Å²) >= 11 is 5.96. The third-order valence-electron chi connectivity index (χ3n) is 3.64. The standard InChI is InChI=1S/C18H16ClN3O2S/c1-22(14-7-3-2-4-8-14)15-11-12-18(20-13-15)21-25(23,24)17-10-6-5-9-16(17)19/h2-13H,1H3,(H,20,21). The zero-order chi connectivity index (χ0) is 17.9. The third kappa shape index (κ3) is 3.92.